The van der Waals surface area contributed by atoms with Gasteiger partial charge in [0.15, 0.2) is 6.29 Å². The van der Waals surface area contributed by atoms with Gasteiger partial charge in [-0.05, 0) is 23.7 Å². The predicted octanol–water partition coefficient (Wildman–Crippen LogP) is 2.17. The number of fused-ring (bicyclic) bond motifs is 2. The van der Waals surface area contributed by atoms with E-state index in [1.807, 2.05) is 0 Å². The average Bonchev–Trinajstić information content (AvgIpc) is 2.20. The Kier molecular flexibility index (Phi) is 1.67. The first kappa shape index (κ1) is 9.47. The molecule has 13 heavy (non-hydrogen) atoms. The maximum Gasteiger partial charge on any atom is 0.160 e. The van der Waals surface area contributed by atoms with Crippen molar-refractivity contribution in [3.8, 4) is 0 Å². The maximum atomic E-state index is 9.88. The Bertz CT molecular complexity index is 229. The highest BCUT2D eigenvalue weighted by Crippen LogP contribution is 2.66. The fraction of sp³-hybridized carbons (Fsp3) is 1.00. The van der Waals surface area contributed by atoms with E-state index in [0.717, 1.165) is 6.42 Å². The molecule has 2 fully saturated rings. The van der Waals surface area contributed by atoms with Crippen LogP contribution in [0.4, 0.5) is 0 Å². The van der Waals surface area contributed by atoms with Gasteiger partial charge in [-0.15, -0.1) is 0 Å². The van der Waals surface area contributed by atoms with Crippen molar-refractivity contribution < 1.29 is 9.84 Å². The summed E-state index contributed by atoms with van der Waals surface area (Å²) >= 11 is 0. The minimum atomic E-state index is -0.571. The Balaban J connectivity index is 2.46. The van der Waals surface area contributed by atoms with E-state index in [4.69, 9.17) is 4.74 Å². The van der Waals surface area contributed by atoms with Crippen LogP contribution in [0.3, 0.4) is 0 Å². The molecule has 1 heterocycles. The fourth-order valence-corrected chi connectivity index (χ4v) is 2.98. The highest BCUT2D eigenvalue weighted by Gasteiger charge is 2.64. The number of hydrogen-bond donors (Lipinski definition) is 1. The van der Waals surface area contributed by atoms with Crippen LogP contribution in [-0.2, 0) is 4.74 Å². The Morgan fingerprint density at radius 2 is 1.77 bits per heavy atom. The molecule has 2 bridgehead atoms. The van der Waals surface area contributed by atoms with Crippen LogP contribution in [0.2, 0.25) is 0 Å². The molecule has 0 amide bonds. The lowest BCUT2D eigenvalue weighted by molar-refractivity contribution is -0.261. The third-order valence-corrected chi connectivity index (χ3v) is 5.24. The van der Waals surface area contributed by atoms with E-state index < -0.39 is 6.29 Å². The third-order valence-electron chi connectivity index (χ3n) is 5.24. The zero-order chi connectivity index (χ0) is 9.91. The van der Waals surface area contributed by atoms with Gasteiger partial charge in [-0.1, -0.05) is 27.7 Å². The van der Waals surface area contributed by atoms with Crippen LogP contribution in [0, 0.1) is 16.2 Å². The van der Waals surface area contributed by atoms with Crippen molar-refractivity contribution in [1.29, 1.82) is 0 Å². The molecule has 2 rings (SSSR count). The topological polar surface area (TPSA) is 29.5 Å². The quantitative estimate of drug-likeness (QED) is 0.625. The summed E-state index contributed by atoms with van der Waals surface area (Å²) in [6, 6.07) is 0. The second kappa shape index (κ2) is 2.29. The molecule has 0 aromatic heterocycles. The lowest BCUT2D eigenvalue weighted by Crippen LogP contribution is -2.54. The number of aliphatic hydroxyl groups is 1. The zero-order valence-corrected chi connectivity index (χ0v) is 9.05. The lowest BCUT2D eigenvalue weighted by Gasteiger charge is -2.53. The highest BCUT2D eigenvalue weighted by molar-refractivity contribution is 5.10. The van der Waals surface area contributed by atoms with E-state index >= 15 is 0 Å². The summed E-state index contributed by atoms with van der Waals surface area (Å²) in [5.41, 5.74) is 0.374. The molecule has 1 aliphatic carbocycles. The van der Waals surface area contributed by atoms with Crippen LogP contribution in [-0.4, -0.2) is 18.0 Å². The van der Waals surface area contributed by atoms with Crippen LogP contribution in [0.5, 0.6) is 0 Å². The maximum absolute atomic E-state index is 9.88. The number of ether oxygens (including phenoxy) is 1. The lowest BCUT2D eigenvalue weighted by atomic mass is 9.58. The van der Waals surface area contributed by atoms with Crippen LogP contribution in [0.15, 0.2) is 0 Å². The molecule has 1 aliphatic heterocycles. The average molecular weight is 184 g/mol. The van der Waals surface area contributed by atoms with Gasteiger partial charge in [-0.3, -0.25) is 0 Å². The molecular weight excluding hydrogens is 164 g/mol. The fourth-order valence-electron chi connectivity index (χ4n) is 2.98. The van der Waals surface area contributed by atoms with Crippen molar-refractivity contribution in [1.82, 2.24) is 0 Å². The smallest absolute Gasteiger partial charge is 0.160 e. The number of rotatable bonds is 0. The molecule has 0 spiro atoms. The zero-order valence-electron chi connectivity index (χ0n) is 9.05. The Labute approximate surface area is 80.3 Å². The molecule has 2 heteroatoms. The van der Waals surface area contributed by atoms with Gasteiger partial charge < -0.3 is 9.84 Å². The van der Waals surface area contributed by atoms with E-state index in [0.29, 0.717) is 6.61 Å². The van der Waals surface area contributed by atoms with Crippen LogP contribution in [0.25, 0.3) is 0 Å². The second-order valence-corrected chi connectivity index (χ2v) is 5.77. The summed E-state index contributed by atoms with van der Waals surface area (Å²) in [4.78, 5) is 0. The van der Waals surface area contributed by atoms with E-state index in [2.05, 4.69) is 27.7 Å². The van der Waals surface area contributed by atoms with Gasteiger partial charge in [0.1, 0.15) is 0 Å². The molecule has 3 atom stereocenters. The van der Waals surface area contributed by atoms with Gasteiger partial charge in [0, 0.05) is 5.41 Å². The molecule has 1 N–H and O–H groups in total. The van der Waals surface area contributed by atoms with E-state index in [1.165, 1.54) is 6.42 Å². The summed E-state index contributed by atoms with van der Waals surface area (Å²) in [5, 5.41) is 9.88. The normalized spacial score (nSPS) is 53.8. The van der Waals surface area contributed by atoms with Crippen LogP contribution < -0.4 is 0 Å². The summed E-state index contributed by atoms with van der Waals surface area (Å²) < 4.78 is 5.46. The van der Waals surface area contributed by atoms with Gasteiger partial charge in [-0.2, -0.15) is 0 Å². The summed E-state index contributed by atoms with van der Waals surface area (Å²) in [6.45, 7) is 9.68. The van der Waals surface area contributed by atoms with Crippen LogP contribution in [0.1, 0.15) is 40.5 Å². The van der Waals surface area contributed by atoms with Gasteiger partial charge >= 0.3 is 0 Å². The van der Waals surface area contributed by atoms with Crippen molar-refractivity contribution in [2.45, 2.75) is 46.8 Å². The first-order valence-corrected chi connectivity index (χ1v) is 5.13. The van der Waals surface area contributed by atoms with E-state index in [-0.39, 0.29) is 16.2 Å². The first-order chi connectivity index (χ1) is 5.83. The number of aliphatic hydroxyl groups excluding tert-OH is 1. The molecule has 0 aromatic carbocycles. The molecule has 3 unspecified atom stereocenters. The standard InChI is InChI=1S/C11H20O2/c1-9(2)10(3)5-6-11(9,4)8(12)13-7-10/h8,12H,5-7H2,1-4H3. The van der Waals surface area contributed by atoms with Gasteiger partial charge in [0.25, 0.3) is 0 Å². The molecule has 1 saturated carbocycles. The molecule has 76 valence electrons. The summed E-state index contributed by atoms with van der Waals surface area (Å²) in [6.07, 6.45) is 1.68. The van der Waals surface area contributed by atoms with Crippen molar-refractivity contribution in [3.63, 3.8) is 0 Å². The van der Waals surface area contributed by atoms with Crippen LogP contribution >= 0.6 is 0 Å². The van der Waals surface area contributed by atoms with Crippen molar-refractivity contribution in [3.05, 3.63) is 0 Å². The Morgan fingerprint density at radius 3 is 2.31 bits per heavy atom. The van der Waals surface area contributed by atoms with Gasteiger partial charge in [0.2, 0.25) is 0 Å². The molecule has 2 aliphatic rings. The molecule has 2 nitrogen and oxygen atoms in total. The monoisotopic (exact) mass is 184 g/mol. The Hall–Kier alpha value is -0.0800. The highest BCUT2D eigenvalue weighted by atomic mass is 16.6. The molecule has 1 saturated heterocycles. The van der Waals surface area contributed by atoms with Crippen molar-refractivity contribution >= 4 is 0 Å². The van der Waals surface area contributed by atoms with E-state index in [9.17, 15) is 5.11 Å². The Morgan fingerprint density at radius 1 is 1.15 bits per heavy atom. The summed E-state index contributed by atoms with van der Waals surface area (Å²) in [7, 11) is 0. The number of hydrogen-bond acceptors (Lipinski definition) is 2. The minimum Gasteiger partial charge on any atom is -0.367 e. The molecular formula is C11H20O2. The molecule has 0 aromatic rings. The van der Waals surface area contributed by atoms with Gasteiger partial charge in [-0.25, -0.2) is 0 Å². The SMILES string of the molecule is CC12CCC(C)(C(O)OC1)C2(C)C. The largest absolute Gasteiger partial charge is 0.367 e. The predicted molar refractivity (Wildman–Crippen MR) is 51.2 cm³/mol. The van der Waals surface area contributed by atoms with Gasteiger partial charge in [0.05, 0.1) is 6.61 Å². The van der Waals surface area contributed by atoms with Crippen molar-refractivity contribution in [2.75, 3.05) is 6.61 Å². The summed E-state index contributed by atoms with van der Waals surface area (Å²) in [5.74, 6) is 0. The van der Waals surface area contributed by atoms with E-state index in [1.54, 1.807) is 0 Å². The van der Waals surface area contributed by atoms with Crippen molar-refractivity contribution in [2.24, 2.45) is 16.2 Å². The third kappa shape index (κ3) is 0.861. The first-order valence-electron chi connectivity index (χ1n) is 5.13. The minimum absolute atomic E-state index is 0.0556. The second-order valence-electron chi connectivity index (χ2n) is 5.77. The molecule has 0 radical (unpaired) electrons.